The molecule has 0 saturated carbocycles. The van der Waals surface area contributed by atoms with E-state index in [1.165, 1.54) is 0 Å². The molecule has 8 heavy (non-hydrogen) atoms. The van der Waals surface area contributed by atoms with Crippen LogP contribution in [0.4, 0.5) is 0 Å². The smallest absolute Gasteiger partial charge is 0.0685 e. The molecule has 0 aliphatic heterocycles. The molecule has 49 valence electrons. The van der Waals surface area contributed by atoms with E-state index >= 15 is 0 Å². The average Bonchev–Trinajstić information content (AvgIpc) is 1.68. The second-order valence-electron chi connectivity index (χ2n) is 1.41. The lowest BCUT2D eigenvalue weighted by Gasteiger charge is -2.12. The van der Waals surface area contributed by atoms with Gasteiger partial charge < -0.3 is 5.11 Å². The first kappa shape index (κ1) is 7.88. The van der Waals surface area contributed by atoms with Gasteiger partial charge in [-0.3, -0.25) is 4.84 Å². The molecule has 0 unspecified atom stereocenters. The zero-order valence-electron chi connectivity index (χ0n) is 5.13. The van der Waals surface area contributed by atoms with Crippen molar-refractivity contribution in [1.82, 2.24) is 5.06 Å². The standard InChI is InChI=1S/C5H12NO2/c1-3-8-6(2)4-5-7/h7H,1,3-5H2,2H3. The molecule has 1 N–H and O–H groups in total. The van der Waals surface area contributed by atoms with E-state index < -0.39 is 0 Å². The summed E-state index contributed by atoms with van der Waals surface area (Å²) in [6.07, 6.45) is 0. The van der Waals surface area contributed by atoms with Crippen molar-refractivity contribution in [2.75, 3.05) is 26.8 Å². The van der Waals surface area contributed by atoms with E-state index in [0.29, 0.717) is 13.2 Å². The predicted octanol–water partition coefficient (Wildman–Crippen LogP) is -0.324. The Morgan fingerprint density at radius 3 is 2.75 bits per heavy atom. The number of hydroxylamine groups is 2. The second kappa shape index (κ2) is 5.03. The topological polar surface area (TPSA) is 32.7 Å². The molecule has 0 fully saturated rings. The van der Waals surface area contributed by atoms with Crippen LogP contribution in [0.3, 0.4) is 0 Å². The van der Waals surface area contributed by atoms with Crippen molar-refractivity contribution >= 4 is 0 Å². The molecule has 3 nitrogen and oxygen atoms in total. The lowest BCUT2D eigenvalue weighted by Crippen LogP contribution is -2.22. The Hall–Kier alpha value is -0.120. The van der Waals surface area contributed by atoms with Gasteiger partial charge in [-0.15, -0.1) is 0 Å². The zero-order valence-corrected chi connectivity index (χ0v) is 5.13. The number of aliphatic hydroxyl groups is 1. The molecule has 0 aromatic rings. The Morgan fingerprint density at radius 1 is 1.75 bits per heavy atom. The molecule has 0 aromatic carbocycles. The van der Waals surface area contributed by atoms with Crippen LogP contribution in [-0.2, 0) is 4.84 Å². The lowest BCUT2D eigenvalue weighted by molar-refractivity contribution is -0.133. The molecule has 1 radical (unpaired) electrons. The van der Waals surface area contributed by atoms with Crippen LogP contribution in [0.25, 0.3) is 0 Å². The van der Waals surface area contributed by atoms with E-state index in [1.54, 1.807) is 12.1 Å². The van der Waals surface area contributed by atoms with Gasteiger partial charge in [-0.2, -0.15) is 5.06 Å². The third kappa shape index (κ3) is 4.05. The Kier molecular flexibility index (Phi) is 4.95. The molecule has 0 rings (SSSR count). The molecule has 0 atom stereocenters. The molecule has 0 aliphatic carbocycles. The van der Waals surface area contributed by atoms with E-state index in [0.717, 1.165) is 0 Å². The van der Waals surface area contributed by atoms with Gasteiger partial charge in [0.15, 0.2) is 0 Å². The van der Waals surface area contributed by atoms with Crippen LogP contribution in [0.15, 0.2) is 0 Å². The number of hydrogen-bond donors (Lipinski definition) is 1. The van der Waals surface area contributed by atoms with Gasteiger partial charge in [0.05, 0.1) is 13.2 Å². The Morgan fingerprint density at radius 2 is 2.38 bits per heavy atom. The normalized spacial score (nSPS) is 10.5. The van der Waals surface area contributed by atoms with E-state index in [-0.39, 0.29) is 6.61 Å². The molecule has 0 saturated heterocycles. The maximum absolute atomic E-state index is 8.32. The Balaban J connectivity index is 2.92. The molecule has 0 aliphatic rings. The molecular formula is C5H12NO2. The molecule has 0 aromatic heterocycles. The van der Waals surface area contributed by atoms with Crippen LogP contribution in [0.5, 0.6) is 0 Å². The van der Waals surface area contributed by atoms with E-state index in [1.807, 2.05) is 0 Å². The van der Waals surface area contributed by atoms with Gasteiger partial charge in [0.1, 0.15) is 0 Å². The highest BCUT2D eigenvalue weighted by atomic mass is 16.7. The Bertz CT molecular complexity index is 43.7. The van der Waals surface area contributed by atoms with Crippen molar-refractivity contribution in [3.63, 3.8) is 0 Å². The summed E-state index contributed by atoms with van der Waals surface area (Å²) >= 11 is 0. The molecular weight excluding hydrogens is 106 g/mol. The summed E-state index contributed by atoms with van der Waals surface area (Å²) in [7, 11) is 1.75. The highest BCUT2D eigenvalue weighted by molar-refractivity contribution is 4.33. The summed E-state index contributed by atoms with van der Waals surface area (Å²) in [6, 6.07) is 0. The first-order valence-electron chi connectivity index (χ1n) is 2.55. The van der Waals surface area contributed by atoms with Gasteiger partial charge in [0.2, 0.25) is 0 Å². The number of rotatable bonds is 4. The van der Waals surface area contributed by atoms with E-state index in [2.05, 4.69) is 6.92 Å². The van der Waals surface area contributed by atoms with Crippen LogP contribution in [0.1, 0.15) is 0 Å². The fourth-order valence-corrected chi connectivity index (χ4v) is 0.361. The van der Waals surface area contributed by atoms with Crippen LogP contribution < -0.4 is 0 Å². The first-order valence-corrected chi connectivity index (χ1v) is 2.55. The van der Waals surface area contributed by atoms with Crippen molar-refractivity contribution in [3.05, 3.63) is 6.92 Å². The largest absolute Gasteiger partial charge is 0.395 e. The minimum atomic E-state index is 0.122. The lowest BCUT2D eigenvalue weighted by atomic mass is 10.7. The fourth-order valence-electron chi connectivity index (χ4n) is 0.361. The maximum atomic E-state index is 8.32. The summed E-state index contributed by atoms with van der Waals surface area (Å²) in [5, 5.41) is 9.87. The van der Waals surface area contributed by atoms with Crippen molar-refractivity contribution in [1.29, 1.82) is 0 Å². The number of aliphatic hydroxyl groups excluding tert-OH is 1. The second-order valence-corrected chi connectivity index (χ2v) is 1.41. The fraction of sp³-hybridized carbons (Fsp3) is 0.800. The number of likely N-dealkylation sites (N-methyl/N-ethyl adjacent to an activating group) is 1. The quantitative estimate of drug-likeness (QED) is 0.513. The van der Waals surface area contributed by atoms with Gasteiger partial charge in [-0.05, 0) is 6.92 Å². The van der Waals surface area contributed by atoms with Gasteiger partial charge in [-0.25, -0.2) is 0 Å². The number of nitrogens with zero attached hydrogens (tertiary/aromatic N) is 1. The monoisotopic (exact) mass is 118 g/mol. The van der Waals surface area contributed by atoms with Crippen LogP contribution >= 0.6 is 0 Å². The van der Waals surface area contributed by atoms with Gasteiger partial charge in [-0.1, -0.05) is 0 Å². The first-order chi connectivity index (χ1) is 3.81. The molecule has 0 heterocycles. The van der Waals surface area contributed by atoms with Gasteiger partial charge in [0, 0.05) is 13.6 Å². The van der Waals surface area contributed by atoms with Gasteiger partial charge in [0.25, 0.3) is 0 Å². The third-order valence-corrected chi connectivity index (χ3v) is 0.727. The van der Waals surface area contributed by atoms with E-state index in [9.17, 15) is 0 Å². The molecule has 0 spiro atoms. The van der Waals surface area contributed by atoms with E-state index in [4.69, 9.17) is 9.94 Å². The zero-order chi connectivity index (χ0) is 6.41. The highest BCUT2D eigenvalue weighted by Gasteiger charge is 1.91. The van der Waals surface area contributed by atoms with Crippen LogP contribution in [0, 0.1) is 6.92 Å². The third-order valence-electron chi connectivity index (χ3n) is 0.727. The van der Waals surface area contributed by atoms with Crippen molar-refractivity contribution < 1.29 is 9.94 Å². The molecule has 0 bridgehead atoms. The summed E-state index contributed by atoms with van der Waals surface area (Å²) in [5.41, 5.74) is 0. The van der Waals surface area contributed by atoms with Crippen LogP contribution in [0.2, 0.25) is 0 Å². The molecule has 0 amide bonds. The van der Waals surface area contributed by atoms with Crippen molar-refractivity contribution in [2.24, 2.45) is 0 Å². The SMILES string of the molecule is [CH2]CON(C)CCO. The van der Waals surface area contributed by atoms with Gasteiger partial charge >= 0.3 is 0 Å². The highest BCUT2D eigenvalue weighted by Crippen LogP contribution is 1.80. The summed E-state index contributed by atoms with van der Waals surface area (Å²) in [5.74, 6) is 0. The summed E-state index contributed by atoms with van der Waals surface area (Å²) in [4.78, 5) is 4.84. The molecule has 3 heteroatoms. The average molecular weight is 118 g/mol. The predicted molar refractivity (Wildman–Crippen MR) is 31.0 cm³/mol. The van der Waals surface area contributed by atoms with Crippen molar-refractivity contribution in [2.45, 2.75) is 0 Å². The summed E-state index contributed by atoms with van der Waals surface area (Å²) < 4.78 is 0. The van der Waals surface area contributed by atoms with Crippen LogP contribution in [-0.4, -0.2) is 37.0 Å². The number of hydrogen-bond acceptors (Lipinski definition) is 3. The Labute approximate surface area is 49.8 Å². The van der Waals surface area contributed by atoms with Crippen molar-refractivity contribution in [3.8, 4) is 0 Å². The minimum absolute atomic E-state index is 0.122. The summed E-state index contributed by atoms with van der Waals surface area (Å²) in [6.45, 7) is 4.53. The maximum Gasteiger partial charge on any atom is 0.0685 e. The minimum Gasteiger partial charge on any atom is -0.395 e.